The first kappa shape index (κ1) is 29.2. The number of carbonyl (C=O) groups excluding carboxylic acids is 4. The van der Waals surface area contributed by atoms with Gasteiger partial charge in [0.15, 0.2) is 0 Å². The minimum Gasteiger partial charge on any atom is -0.508 e. The fourth-order valence-electron chi connectivity index (χ4n) is 4.79. The Kier molecular flexibility index (Phi) is 8.84. The van der Waals surface area contributed by atoms with Gasteiger partial charge in [0.05, 0.1) is 6.61 Å². The number of fused-ring (bicyclic) bond motifs is 1. The number of benzene rings is 1. The second kappa shape index (κ2) is 12.1. The molecule has 2 N–H and O–H groups in total. The Balaban J connectivity index is 1.84. The molecule has 2 aliphatic heterocycles. The van der Waals surface area contributed by atoms with E-state index in [4.69, 9.17) is 9.47 Å². The number of aromatic hydroxyl groups is 1. The zero-order valence-electron chi connectivity index (χ0n) is 21.9. The number of thioether (sulfide) groups is 1. The SMILES string of the molecule is CCOC(=O)C(Cc1ccc(O)cc1)N(C(C)=O)C1S[C@@H]2[C@H](c3cccs3)C(=O)N2C(C(=O)O)=C1COC(C)=O. The molecule has 4 rings (SSSR count). The van der Waals surface area contributed by atoms with Gasteiger partial charge in [-0.15, -0.1) is 23.1 Å². The number of rotatable bonds is 10. The molecule has 2 unspecified atom stereocenters. The van der Waals surface area contributed by atoms with Crippen molar-refractivity contribution < 1.29 is 43.7 Å². The summed E-state index contributed by atoms with van der Waals surface area (Å²) in [6, 6.07) is 8.48. The highest BCUT2D eigenvalue weighted by Gasteiger charge is 2.58. The number of carbonyl (C=O) groups is 5. The Morgan fingerprint density at radius 1 is 1.10 bits per heavy atom. The summed E-state index contributed by atoms with van der Waals surface area (Å²) >= 11 is 2.50. The number of hydrogen-bond acceptors (Lipinski definition) is 10. The molecule has 11 nitrogen and oxygen atoms in total. The second-order valence-corrected chi connectivity index (χ2v) is 11.3. The molecule has 212 valence electrons. The Morgan fingerprint density at radius 2 is 1.80 bits per heavy atom. The number of ether oxygens (including phenoxy) is 2. The molecule has 2 amide bonds. The van der Waals surface area contributed by atoms with Crippen molar-refractivity contribution in [2.24, 2.45) is 0 Å². The first-order valence-corrected chi connectivity index (χ1v) is 14.2. The summed E-state index contributed by atoms with van der Waals surface area (Å²) in [6.07, 6.45) is 0.000663. The zero-order chi connectivity index (χ0) is 29.1. The minimum atomic E-state index is -1.43. The molecule has 0 radical (unpaired) electrons. The summed E-state index contributed by atoms with van der Waals surface area (Å²) in [6.45, 7) is 3.57. The lowest BCUT2D eigenvalue weighted by atomic mass is 9.93. The van der Waals surface area contributed by atoms with E-state index in [0.29, 0.717) is 5.56 Å². The standard InChI is InChI=1S/C27H28N2O9S2/c1-4-37-27(36)19(12-16-7-9-17(32)10-8-16)28(14(2)30)24-18(13-38-15(3)31)22(26(34)35)29-23(33)21(25(29)40-24)20-6-5-11-39-20/h5-11,19,21,24-25,32H,4,12-13H2,1-3H3,(H,34,35)/t19?,21-,24?,25-/m1/s1. The molecule has 0 spiro atoms. The number of phenols is 1. The van der Waals surface area contributed by atoms with Crippen molar-refractivity contribution >= 4 is 52.8 Å². The molecule has 40 heavy (non-hydrogen) atoms. The molecule has 0 bridgehead atoms. The van der Waals surface area contributed by atoms with E-state index in [1.165, 1.54) is 35.3 Å². The second-order valence-electron chi connectivity index (χ2n) is 9.10. The highest BCUT2D eigenvalue weighted by atomic mass is 32.2. The van der Waals surface area contributed by atoms with Crippen LogP contribution in [0.4, 0.5) is 0 Å². The van der Waals surface area contributed by atoms with Gasteiger partial charge >= 0.3 is 17.9 Å². The first-order valence-electron chi connectivity index (χ1n) is 12.4. The summed E-state index contributed by atoms with van der Waals surface area (Å²) < 4.78 is 10.5. The van der Waals surface area contributed by atoms with E-state index >= 15 is 0 Å². The third kappa shape index (κ3) is 5.70. The fraction of sp³-hybridized carbons (Fsp3) is 0.370. The van der Waals surface area contributed by atoms with Crippen molar-refractivity contribution in [1.29, 1.82) is 0 Å². The molecule has 4 atom stereocenters. The number of aliphatic carboxylic acids is 1. The Labute approximate surface area is 238 Å². The molecule has 1 aromatic heterocycles. The molecule has 0 saturated carbocycles. The lowest BCUT2D eigenvalue weighted by Gasteiger charge is -2.53. The lowest BCUT2D eigenvalue weighted by Crippen LogP contribution is -2.64. The quantitative estimate of drug-likeness (QED) is 0.313. The number of carboxylic acid groups (broad SMARTS) is 1. The van der Waals surface area contributed by atoms with Crippen LogP contribution in [-0.2, 0) is 39.9 Å². The molecule has 0 aliphatic carbocycles. The Hall–Kier alpha value is -3.84. The normalized spacial score (nSPS) is 20.7. The average Bonchev–Trinajstić information content (AvgIpc) is 3.41. The number of hydrogen-bond donors (Lipinski definition) is 2. The Bertz CT molecular complexity index is 1340. The minimum absolute atomic E-state index is 0.000663. The topological polar surface area (TPSA) is 151 Å². The van der Waals surface area contributed by atoms with Crippen LogP contribution in [0.5, 0.6) is 5.75 Å². The summed E-state index contributed by atoms with van der Waals surface area (Å²) in [4.78, 5) is 67.3. The number of esters is 2. The maximum absolute atomic E-state index is 13.3. The summed E-state index contributed by atoms with van der Waals surface area (Å²) in [5, 5.41) is 20.0. The third-order valence-electron chi connectivity index (χ3n) is 6.51. The number of amides is 2. The van der Waals surface area contributed by atoms with E-state index in [9.17, 15) is 34.2 Å². The summed E-state index contributed by atoms with van der Waals surface area (Å²) in [5.74, 6) is -4.42. The van der Waals surface area contributed by atoms with Crippen LogP contribution in [0, 0.1) is 0 Å². The predicted molar refractivity (Wildman–Crippen MR) is 145 cm³/mol. The number of β-lactam (4-membered cyclic amide) rings is 1. The van der Waals surface area contributed by atoms with E-state index in [1.54, 1.807) is 31.2 Å². The van der Waals surface area contributed by atoms with Gasteiger partial charge in [-0.3, -0.25) is 19.3 Å². The van der Waals surface area contributed by atoms with Crippen molar-refractivity contribution in [3.63, 3.8) is 0 Å². The highest BCUT2D eigenvalue weighted by molar-refractivity contribution is 8.00. The van der Waals surface area contributed by atoms with Gasteiger partial charge in [-0.2, -0.15) is 0 Å². The first-order chi connectivity index (χ1) is 19.0. The van der Waals surface area contributed by atoms with Gasteiger partial charge in [0.2, 0.25) is 11.8 Å². The van der Waals surface area contributed by atoms with Crippen LogP contribution in [0.25, 0.3) is 0 Å². The van der Waals surface area contributed by atoms with E-state index in [-0.39, 0.29) is 30.0 Å². The van der Waals surface area contributed by atoms with Crippen molar-refractivity contribution in [2.45, 2.75) is 49.9 Å². The molecule has 1 saturated heterocycles. The molecule has 3 heterocycles. The zero-order valence-corrected chi connectivity index (χ0v) is 23.6. The Morgan fingerprint density at radius 3 is 2.35 bits per heavy atom. The van der Waals surface area contributed by atoms with E-state index in [2.05, 4.69) is 0 Å². The number of thiophene rings is 1. The molecule has 2 aromatic rings. The maximum Gasteiger partial charge on any atom is 0.352 e. The van der Waals surface area contributed by atoms with Gasteiger partial charge in [0, 0.05) is 30.7 Å². The van der Waals surface area contributed by atoms with Crippen LogP contribution < -0.4 is 0 Å². The van der Waals surface area contributed by atoms with Crippen molar-refractivity contribution in [3.8, 4) is 5.75 Å². The molecular weight excluding hydrogens is 560 g/mol. The van der Waals surface area contributed by atoms with Crippen molar-refractivity contribution in [1.82, 2.24) is 9.80 Å². The molecule has 2 aliphatic rings. The van der Waals surface area contributed by atoms with Crippen LogP contribution in [-0.4, -0.2) is 79.7 Å². The average molecular weight is 589 g/mol. The summed E-state index contributed by atoms with van der Waals surface area (Å²) in [7, 11) is 0. The third-order valence-corrected chi connectivity index (χ3v) is 9.00. The van der Waals surface area contributed by atoms with E-state index < -0.39 is 59.0 Å². The predicted octanol–water partition coefficient (Wildman–Crippen LogP) is 2.70. The molecule has 1 fully saturated rings. The van der Waals surface area contributed by atoms with Crippen LogP contribution in [0.15, 0.2) is 53.0 Å². The number of phenolic OH excluding ortho intramolecular Hbond substituents is 1. The van der Waals surface area contributed by atoms with Crippen molar-refractivity contribution in [3.05, 3.63) is 63.5 Å². The van der Waals surface area contributed by atoms with E-state index in [1.807, 2.05) is 5.38 Å². The lowest BCUT2D eigenvalue weighted by molar-refractivity contribution is -0.155. The summed E-state index contributed by atoms with van der Waals surface area (Å²) in [5.41, 5.74) is 0.229. The van der Waals surface area contributed by atoms with Gasteiger partial charge in [0.25, 0.3) is 0 Å². The van der Waals surface area contributed by atoms with Crippen molar-refractivity contribution in [2.75, 3.05) is 13.2 Å². The maximum atomic E-state index is 13.3. The van der Waals surface area contributed by atoms with Crippen LogP contribution in [0.2, 0.25) is 0 Å². The van der Waals surface area contributed by atoms with Gasteiger partial charge in [-0.25, -0.2) is 9.59 Å². The van der Waals surface area contributed by atoms with Gasteiger partial charge in [-0.1, -0.05) is 18.2 Å². The number of nitrogens with zero attached hydrogens (tertiary/aromatic N) is 2. The van der Waals surface area contributed by atoms with E-state index in [0.717, 1.165) is 28.5 Å². The van der Waals surface area contributed by atoms with Crippen LogP contribution in [0.3, 0.4) is 0 Å². The van der Waals surface area contributed by atoms with Crippen LogP contribution in [0.1, 0.15) is 37.1 Å². The molecule has 1 aromatic carbocycles. The largest absolute Gasteiger partial charge is 0.508 e. The molecule has 13 heteroatoms. The van der Waals surface area contributed by atoms with Crippen LogP contribution >= 0.6 is 23.1 Å². The monoisotopic (exact) mass is 588 g/mol. The fourth-order valence-corrected chi connectivity index (χ4v) is 7.51. The molecular formula is C27H28N2O9S2. The highest BCUT2D eigenvalue weighted by Crippen LogP contribution is 2.53. The van der Waals surface area contributed by atoms with Gasteiger partial charge < -0.3 is 24.6 Å². The van der Waals surface area contributed by atoms with Gasteiger partial charge in [-0.05, 0) is 36.1 Å². The smallest absolute Gasteiger partial charge is 0.352 e. The van der Waals surface area contributed by atoms with Gasteiger partial charge in [0.1, 0.15) is 40.8 Å². The number of carboxylic acids is 1.